The maximum atomic E-state index is 12.0. The van der Waals surface area contributed by atoms with Crippen molar-refractivity contribution in [3.8, 4) is 5.75 Å². The lowest BCUT2D eigenvalue weighted by Gasteiger charge is -2.05. The summed E-state index contributed by atoms with van der Waals surface area (Å²) in [6.07, 6.45) is 3.64. The summed E-state index contributed by atoms with van der Waals surface area (Å²) in [5, 5.41) is 3.99. The summed E-state index contributed by atoms with van der Waals surface area (Å²) in [6.45, 7) is 4.84. The second kappa shape index (κ2) is 8.34. The van der Waals surface area contributed by atoms with Crippen LogP contribution in [0, 0.1) is 0 Å². The number of nitrogens with zero attached hydrogens (tertiary/aromatic N) is 1. The Hall–Kier alpha value is -2.14. The Labute approximate surface area is 134 Å². The Morgan fingerprint density at radius 2 is 2.00 bits per heavy atom. The van der Waals surface area contributed by atoms with Gasteiger partial charge in [-0.25, -0.2) is 5.43 Å². The molecule has 1 aromatic carbocycles. The number of aryl methyl sites for hydroxylation is 1. The number of ether oxygens (including phenoxy) is 1. The number of rotatable bonds is 7. The Morgan fingerprint density at radius 3 is 2.64 bits per heavy atom. The van der Waals surface area contributed by atoms with E-state index < -0.39 is 0 Å². The van der Waals surface area contributed by atoms with E-state index in [9.17, 15) is 4.79 Å². The second-order valence-corrected chi connectivity index (χ2v) is 5.93. The molecule has 1 heterocycles. The number of hydrazone groups is 1. The first-order chi connectivity index (χ1) is 10.7. The summed E-state index contributed by atoms with van der Waals surface area (Å²) in [5.41, 5.74) is 3.09. The number of benzene rings is 1. The molecule has 0 saturated heterocycles. The standard InChI is InChI=1S/C17H20N2O2S/c1-3-11-21-14-7-5-13(6-8-14)17(20)19-18-12-16-10-9-15(4-2)22-16/h5-10,12H,3-4,11H2,1-2H3,(H,19,20)/b18-12-. The summed E-state index contributed by atoms with van der Waals surface area (Å²) in [5.74, 6) is 0.540. The fourth-order valence-electron chi connectivity index (χ4n) is 1.80. The van der Waals surface area contributed by atoms with Crippen molar-refractivity contribution in [2.24, 2.45) is 5.10 Å². The molecule has 2 aromatic rings. The molecule has 1 N–H and O–H groups in total. The van der Waals surface area contributed by atoms with Crippen LogP contribution in [0.2, 0.25) is 0 Å². The van der Waals surface area contributed by atoms with Gasteiger partial charge in [0.2, 0.25) is 0 Å². The van der Waals surface area contributed by atoms with Gasteiger partial charge in [-0.2, -0.15) is 5.10 Å². The van der Waals surface area contributed by atoms with E-state index in [1.807, 2.05) is 6.07 Å². The fraction of sp³-hybridized carbons (Fsp3) is 0.294. The zero-order valence-electron chi connectivity index (χ0n) is 12.8. The molecule has 1 aromatic heterocycles. The maximum Gasteiger partial charge on any atom is 0.271 e. The molecule has 0 bridgehead atoms. The molecule has 4 nitrogen and oxygen atoms in total. The van der Waals surface area contributed by atoms with Crippen LogP contribution in [-0.4, -0.2) is 18.7 Å². The van der Waals surface area contributed by atoms with Crippen LogP contribution >= 0.6 is 11.3 Å². The lowest BCUT2D eigenvalue weighted by Crippen LogP contribution is -2.17. The zero-order chi connectivity index (χ0) is 15.8. The van der Waals surface area contributed by atoms with E-state index in [0.717, 1.165) is 23.5 Å². The Bertz CT molecular complexity index is 632. The normalized spacial score (nSPS) is 10.8. The Morgan fingerprint density at radius 1 is 1.23 bits per heavy atom. The predicted molar refractivity (Wildman–Crippen MR) is 91.0 cm³/mol. The first-order valence-electron chi connectivity index (χ1n) is 7.38. The molecule has 0 atom stereocenters. The van der Waals surface area contributed by atoms with Crippen molar-refractivity contribution >= 4 is 23.5 Å². The quantitative estimate of drug-likeness (QED) is 0.623. The van der Waals surface area contributed by atoms with Gasteiger partial charge in [0.05, 0.1) is 12.8 Å². The predicted octanol–water partition coefficient (Wildman–Crippen LogP) is 3.86. The van der Waals surface area contributed by atoms with Crippen molar-refractivity contribution in [3.05, 3.63) is 51.7 Å². The van der Waals surface area contributed by atoms with Gasteiger partial charge in [-0.15, -0.1) is 11.3 Å². The molecule has 0 aliphatic heterocycles. The summed E-state index contributed by atoms with van der Waals surface area (Å²) in [4.78, 5) is 14.3. The first-order valence-corrected chi connectivity index (χ1v) is 8.19. The smallest absolute Gasteiger partial charge is 0.271 e. The number of carbonyl (C=O) groups is 1. The average Bonchev–Trinajstić information content (AvgIpc) is 3.01. The monoisotopic (exact) mass is 316 g/mol. The number of hydrogen-bond acceptors (Lipinski definition) is 4. The van der Waals surface area contributed by atoms with E-state index in [2.05, 4.69) is 30.4 Å². The van der Waals surface area contributed by atoms with Crippen LogP contribution in [0.1, 0.15) is 40.4 Å². The van der Waals surface area contributed by atoms with Crippen molar-refractivity contribution in [1.29, 1.82) is 0 Å². The van der Waals surface area contributed by atoms with E-state index in [-0.39, 0.29) is 5.91 Å². The third-order valence-corrected chi connectivity index (χ3v) is 4.14. The summed E-state index contributed by atoms with van der Waals surface area (Å²) in [7, 11) is 0. The number of nitrogens with one attached hydrogen (secondary N) is 1. The van der Waals surface area contributed by atoms with Gasteiger partial charge >= 0.3 is 0 Å². The minimum absolute atomic E-state index is 0.231. The highest BCUT2D eigenvalue weighted by atomic mass is 32.1. The van der Waals surface area contributed by atoms with Crippen LogP contribution in [0.3, 0.4) is 0 Å². The molecular weight excluding hydrogens is 296 g/mol. The van der Waals surface area contributed by atoms with Crippen molar-refractivity contribution in [3.63, 3.8) is 0 Å². The van der Waals surface area contributed by atoms with Crippen molar-refractivity contribution < 1.29 is 9.53 Å². The van der Waals surface area contributed by atoms with Crippen LogP contribution in [0.15, 0.2) is 41.5 Å². The van der Waals surface area contributed by atoms with Crippen LogP contribution in [0.25, 0.3) is 0 Å². The minimum Gasteiger partial charge on any atom is -0.494 e. The lowest BCUT2D eigenvalue weighted by molar-refractivity contribution is 0.0955. The van der Waals surface area contributed by atoms with Gasteiger partial charge in [-0.05, 0) is 49.2 Å². The third-order valence-electron chi connectivity index (χ3n) is 2.98. The number of hydrogen-bond donors (Lipinski definition) is 1. The average molecular weight is 316 g/mol. The highest BCUT2D eigenvalue weighted by Crippen LogP contribution is 2.15. The molecule has 0 aliphatic carbocycles. The molecular formula is C17H20N2O2S. The largest absolute Gasteiger partial charge is 0.494 e. The molecule has 0 unspecified atom stereocenters. The van der Waals surface area contributed by atoms with E-state index in [1.54, 1.807) is 41.8 Å². The van der Waals surface area contributed by atoms with Gasteiger partial charge in [-0.1, -0.05) is 13.8 Å². The van der Waals surface area contributed by atoms with Gasteiger partial charge in [0.25, 0.3) is 5.91 Å². The Kier molecular flexibility index (Phi) is 6.15. The first kappa shape index (κ1) is 16.2. The second-order valence-electron chi connectivity index (χ2n) is 4.73. The molecule has 5 heteroatoms. The van der Waals surface area contributed by atoms with E-state index >= 15 is 0 Å². The van der Waals surface area contributed by atoms with Crippen molar-refractivity contribution in [2.45, 2.75) is 26.7 Å². The van der Waals surface area contributed by atoms with Crippen molar-refractivity contribution in [2.75, 3.05) is 6.61 Å². The summed E-state index contributed by atoms with van der Waals surface area (Å²) >= 11 is 1.67. The third kappa shape index (κ3) is 4.70. The topological polar surface area (TPSA) is 50.7 Å². The van der Waals surface area contributed by atoms with Crippen LogP contribution in [0.5, 0.6) is 5.75 Å². The van der Waals surface area contributed by atoms with E-state index in [4.69, 9.17) is 4.74 Å². The lowest BCUT2D eigenvalue weighted by atomic mass is 10.2. The fourth-order valence-corrected chi connectivity index (χ4v) is 2.62. The summed E-state index contributed by atoms with van der Waals surface area (Å²) in [6, 6.07) is 11.1. The Balaban J connectivity index is 1.88. The number of thiophene rings is 1. The van der Waals surface area contributed by atoms with Gasteiger partial charge in [0, 0.05) is 15.3 Å². The maximum absolute atomic E-state index is 12.0. The zero-order valence-corrected chi connectivity index (χ0v) is 13.7. The van der Waals surface area contributed by atoms with Crippen LogP contribution < -0.4 is 10.2 Å². The number of carbonyl (C=O) groups excluding carboxylic acids is 1. The molecule has 0 radical (unpaired) electrons. The van der Waals surface area contributed by atoms with Gasteiger partial charge in [0.1, 0.15) is 5.75 Å². The molecule has 116 valence electrons. The minimum atomic E-state index is -0.231. The molecule has 0 fully saturated rings. The van der Waals surface area contributed by atoms with Crippen LogP contribution in [0.4, 0.5) is 0 Å². The highest BCUT2D eigenvalue weighted by Gasteiger charge is 2.04. The summed E-state index contributed by atoms with van der Waals surface area (Å²) < 4.78 is 5.48. The van der Waals surface area contributed by atoms with Gasteiger partial charge < -0.3 is 4.74 Å². The SMILES string of the molecule is CCCOc1ccc(C(=O)N/N=C\c2ccc(CC)s2)cc1. The molecule has 0 aliphatic rings. The highest BCUT2D eigenvalue weighted by molar-refractivity contribution is 7.13. The van der Waals surface area contributed by atoms with E-state index in [1.165, 1.54) is 4.88 Å². The van der Waals surface area contributed by atoms with Gasteiger partial charge in [-0.3, -0.25) is 4.79 Å². The van der Waals surface area contributed by atoms with E-state index in [0.29, 0.717) is 12.2 Å². The van der Waals surface area contributed by atoms with Crippen molar-refractivity contribution in [1.82, 2.24) is 5.43 Å². The molecule has 22 heavy (non-hydrogen) atoms. The van der Waals surface area contributed by atoms with Crippen LogP contribution in [-0.2, 0) is 6.42 Å². The van der Waals surface area contributed by atoms with Gasteiger partial charge in [0.15, 0.2) is 0 Å². The molecule has 0 saturated carbocycles. The molecule has 2 rings (SSSR count). The molecule has 0 spiro atoms. The number of amides is 1. The molecule has 1 amide bonds.